The molecule has 0 N–H and O–H groups in total. The van der Waals surface area contributed by atoms with Crippen molar-refractivity contribution in [3.8, 4) is 16.9 Å². The summed E-state index contributed by atoms with van der Waals surface area (Å²) >= 11 is 1.77. The fraction of sp³-hybridized carbons (Fsp3) is 0.600. The molecular formula is C25H32OS. The van der Waals surface area contributed by atoms with Gasteiger partial charge < -0.3 is 4.74 Å². The topological polar surface area (TPSA) is 9.23 Å². The Hall–Kier alpha value is -1.28. The van der Waals surface area contributed by atoms with E-state index in [2.05, 4.69) is 62.7 Å². The molecule has 2 heterocycles. The third-order valence-corrected chi connectivity index (χ3v) is 9.10. The average molecular weight is 381 g/mol. The van der Waals surface area contributed by atoms with Crippen molar-refractivity contribution in [3.05, 3.63) is 40.6 Å². The highest BCUT2D eigenvalue weighted by molar-refractivity contribution is 7.08. The lowest BCUT2D eigenvalue weighted by molar-refractivity contribution is -0.162. The predicted octanol–water partition coefficient (Wildman–Crippen LogP) is 7.35. The van der Waals surface area contributed by atoms with E-state index in [0.717, 1.165) is 11.7 Å². The van der Waals surface area contributed by atoms with Gasteiger partial charge in [0.25, 0.3) is 0 Å². The van der Waals surface area contributed by atoms with Gasteiger partial charge in [-0.1, -0.05) is 33.3 Å². The van der Waals surface area contributed by atoms with Gasteiger partial charge in [-0.25, -0.2) is 0 Å². The van der Waals surface area contributed by atoms with Gasteiger partial charge in [0.2, 0.25) is 0 Å². The molecule has 2 heteroatoms. The van der Waals surface area contributed by atoms with E-state index in [9.17, 15) is 0 Å². The van der Waals surface area contributed by atoms with Gasteiger partial charge in [-0.2, -0.15) is 11.3 Å². The molecule has 3 aliphatic rings. The van der Waals surface area contributed by atoms with E-state index in [4.69, 9.17) is 4.74 Å². The van der Waals surface area contributed by atoms with Gasteiger partial charge in [-0.3, -0.25) is 0 Å². The first-order chi connectivity index (χ1) is 12.8. The highest BCUT2D eigenvalue weighted by Gasteiger charge is 2.60. The maximum Gasteiger partial charge on any atom is 0.123 e. The zero-order valence-corrected chi connectivity index (χ0v) is 18.0. The Morgan fingerprint density at radius 2 is 1.81 bits per heavy atom. The summed E-state index contributed by atoms with van der Waals surface area (Å²) in [5.41, 5.74) is 4.95. The Morgan fingerprint density at radius 1 is 0.963 bits per heavy atom. The molecule has 1 aromatic heterocycles. The zero-order chi connectivity index (χ0) is 18.9. The SMILES string of the molecule is CC1(C)CCC[C@@]2(C)C1CC[C@@]1(C)Oc3ccc(-c4ccsc4)cc3C[C@@H]12. The fourth-order valence-electron chi connectivity index (χ4n) is 7.10. The molecule has 2 saturated carbocycles. The second-order valence-corrected chi connectivity index (χ2v) is 11.2. The number of benzene rings is 1. The van der Waals surface area contributed by atoms with Gasteiger partial charge in [0, 0.05) is 5.92 Å². The molecule has 1 nitrogen and oxygen atoms in total. The van der Waals surface area contributed by atoms with E-state index < -0.39 is 0 Å². The summed E-state index contributed by atoms with van der Waals surface area (Å²) in [4.78, 5) is 0. The molecule has 0 saturated heterocycles. The molecule has 2 aromatic rings. The highest BCUT2D eigenvalue weighted by Crippen LogP contribution is 2.64. The van der Waals surface area contributed by atoms with Crippen LogP contribution in [0.2, 0.25) is 0 Å². The Labute approximate surface area is 168 Å². The van der Waals surface area contributed by atoms with Crippen LogP contribution in [0.3, 0.4) is 0 Å². The molecule has 1 aliphatic heterocycles. The Morgan fingerprint density at radius 3 is 2.59 bits per heavy atom. The number of rotatable bonds is 1. The first kappa shape index (κ1) is 17.8. The number of hydrogen-bond acceptors (Lipinski definition) is 2. The second kappa shape index (κ2) is 5.86. The van der Waals surface area contributed by atoms with Crippen molar-refractivity contribution in [1.82, 2.24) is 0 Å². The maximum absolute atomic E-state index is 6.78. The summed E-state index contributed by atoms with van der Waals surface area (Å²) in [5, 5.41) is 4.41. The van der Waals surface area contributed by atoms with Crippen LogP contribution < -0.4 is 4.74 Å². The molecule has 0 spiro atoms. The molecule has 144 valence electrons. The summed E-state index contributed by atoms with van der Waals surface area (Å²) in [7, 11) is 0. The minimum Gasteiger partial charge on any atom is -0.487 e. The maximum atomic E-state index is 6.78. The van der Waals surface area contributed by atoms with E-state index in [0.29, 0.717) is 16.7 Å². The van der Waals surface area contributed by atoms with Crippen molar-refractivity contribution < 1.29 is 4.74 Å². The largest absolute Gasteiger partial charge is 0.487 e. The summed E-state index contributed by atoms with van der Waals surface area (Å²) < 4.78 is 6.78. The van der Waals surface area contributed by atoms with E-state index in [-0.39, 0.29) is 5.60 Å². The van der Waals surface area contributed by atoms with Crippen LogP contribution in [-0.2, 0) is 6.42 Å². The Kier molecular flexibility index (Phi) is 3.86. The van der Waals surface area contributed by atoms with Crippen LogP contribution >= 0.6 is 11.3 Å². The quantitative estimate of drug-likeness (QED) is 0.502. The minimum absolute atomic E-state index is 0.00440. The van der Waals surface area contributed by atoms with Crippen LogP contribution in [-0.4, -0.2) is 5.60 Å². The molecule has 4 atom stereocenters. The number of fused-ring (bicyclic) bond motifs is 4. The average Bonchev–Trinajstić information content (AvgIpc) is 3.14. The van der Waals surface area contributed by atoms with Crippen molar-refractivity contribution in [2.45, 2.75) is 71.8 Å². The molecule has 5 rings (SSSR count). The summed E-state index contributed by atoms with van der Waals surface area (Å²) in [6, 6.07) is 9.09. The lowest BCUT2D eigenvalue weighted by atomic mass is 9.44. The van der Waals surface area contributed by atoms with E-state index in [1.807, 2.05) is 0 Å². The van der Waals surface area contributed by atoms with Crippen LogP contribution in [0.1, 0.15) is 65.4 Å². The minimum atomic E-state index is -0.00440. The summed E-state index contributed by atoms with van der Waals surface area (Å²) in [6.45, 7) is 10.0. The lowest BCUT2D eigenvalue weighted by Crippen LogP contribution is -2.61. The van der Waals surface area contributed by atoms with Crippen LogP contribution in [0.15, 0.2) is 35.0 Å². The van der Waals surface area contributed by atoms with Gasteiger partial charge in [0.15, 0.2) is 0 Å². The van der Waals surface area contributed by atoms with Gasteiger partial charge in [-0.15, -0.1) is 0 Å². The third-order valence-electron chi connectivity index (χ3n) is 8.42. The van der Waals surface area contributed by atoms with Crippen LogP contribution in [0.5, 0.6) is 5.75 Å². The number of ether oxygens (including phenoxy) is 1. The van der Waals surface area contributed by atoms with Crippen molar-refractivity contribution >= 4 is 11.3 Å². The molecule has 2 fully saturated rings. The predicted molar refractivity (Wildman–Crippen MR) is 114 cm³/mol. The van der Waals surface area contributed by atoms with Crippen molar-refractivity contribution in [2.24, 2.45) is 22.7 Å². The normalized spacial score (nSPS) is 36.9. The summed E-state index contributed by atoms with van der Waals surface area (Å²) in [6.07, 6.45) is 7.81. The fourth-order valence-corrected chi connectivity index (χ4v) is 7.76. The van der Waals surface area contributed by atoms with Gasteiger partial charge in [0.1, 0.15) is 11.4 Å². The standard InChI is InChI=1S/C25H32OS/c1-23(2)10-5-11-24(3)21(23)8-12-25(4)22(24)15-19-14-17(6-7-20(19)26-25)18-9-13-27-16-18/h6-7,9,13-14,16,21-22H,5,8,10-12,15H2,1-4H3/t21?,22-,24+,25-/m1/s1. The number of thiophene rings is 1. The van der Waals surface area contributed by atoms with Crippen LogP contribution in [0.25, 0.3) is 11.1 Å². The molecule has 0 amide bonds. The summed E-state index contributed by atoms with van der Waals surface area (Å²) in [5.74, 6) is 2.57. The third kappa shape index (κ3) is 2.63. The van der Waals surface area contributed by atoms with Gasteiger partial charge >= 0.3 is 0 Å². The lowest BCUT2D eigenvalue weighted by Gasteiger charge is -2.63. The zero-order valence-electron chi connectivity index (χ0n) is 17.2. The smallest absolute Gasteiger partial charge is 0.123 e. The highest BCUT2D eigenvalue weighted by atomic mass is 32.1. The van der Waals surface area contributed by atoms with E-state index in [1.165, 1.54) is 55.2 Å². The van der Waals surface area contributed by atoms with Gasteiger partial charge in [-0.05, 0) is 101 Å². The molecular weight excluding hydrogens is 348 g/mol. The van der Waals surface area contributed by atoms with Crippen molar-refractivity contribution in [2.75, 3.05) is 0 Å². The molecule has 2 aliphatic carbocycles. The van der Waals surface area contributed by atoms with Crippen LogP contribution in [0, 0.1) is 22.7 Å². The number of hydrogen-bond donors (Lipinski definition) is 0. The molecule has 0 bridgehead atoms. The first-order valence-corrected chi connectivity index (χ1v) is 11.6. The van der Waals surface area contributed by atoms with Crippen molar-refractivity contribution in [3.63, 3.8) is 0 Å². The van der Waals surface area contributed by atoms with Crippen LogP contribution in [0.4, 0.5) is 0 Å². The second-order valence-electron chi connectivity index (χ2n) is 10.4. The molecule has 0 radical (unpaired) electrons. The molecule has 27 heavy (non-hydrogen) atoms. The first-order valence-electron chi connectivity index (χ1n) is 10.7. The monoisotopic (exact) mass is 380 g/mol. The van der Waals surface area contributed by atoms with E-state index >= 15 is 0 Å². The molecule has 1 aromatic carbocycles. The Balaban J connectivity index is 1.55. The van der Waals surface area contributed by atoms with E-state index in [1.54, 1.807) is 11.3 Å². The van der Waals surface area contributed by atoms with Gasteiger partial charge in [0.05, 0.1) is 0 Å². The molecule has 1 unspecified atom stereocenters. The van der Waals surface area contributed by atoms with Crippen molar-refractivity contribution in [1.29, 1.82) is 0 Å². The Bertz CT molecular complexity index is 851.